The Kier molecular flexibility index (Phi) is 6.76. The van der Waals surface area contributed by atoms with Gasteiger partial charge in [0.2, 0.25) is 0 Å². The molecule has 0 saturated carbocycles. The number of hydrogen-bond acceptors (Lipinski definition) is 4. The van der Waals surface area contributed by atoms with Crippen molar-refractivity contribution in [1.29, 1.82) is 5.26 Å². The fourth-order valence-electron chi connectivity index (χ4n) is 3.67. The molecule has 29 heavy (non-hydrogen) atoms. The Morgan fingerprint density at radius 1 is 1.17 bits per heavy atom. The first kappa shape index (κ1) is 21.1. The highest BCUT2D eigenvalue weighted by molar-refractivity contribution is 7.13. The molecule has 1 aromatic heterocycles. The smallest absolute Gasteiger partial charge is 0.262 e. The number of unbranched alkanes of at least 4 members (excludes halogenated alkanes) is 3. The fourth-order valence-corrected chi connectivity index (χ4v) is 4.59. The third-order valence-corrected chi connectivity index (χ3v) is 6.42. The number of nitrogens with zero attached hydrogens (tertiary/aromatic N) is 1. The minimum absolute atomic E-state index is 0.219. The Morgan fingerprint density at radius 3 is 2.55 bits per heavy atom. The van der Waals surface area contributed by atoms with Crippen LogP contribution in [0.1, 0.15) is 61.3 Å². The van der Waals surface area contributed by atoms with Crippen LogP contribution in [0.3, 0.4) is 0 Å². The summed E-state index contributed by atoms with van der Waals surface area (Å²) in [7, 11) is 0. The van der Waals surface area contributed by atoms with Crippen LogP contribution in [0, 0.1) is 18.3 Å². The Balaban J connectivity index is 1.77. The maximum atomic E-state index is 12.7. The first-order valence-corrected chi connectivity index (χ1v) is 11.0. The normalized spacial score (nSPS) is 19.0. The highest BCUT2D eigenvalue weighted by Crippen LogP contribution is 2.40. The molecule has 1 N–H and O–H groups in total. The molecule has 1 atom stereocenters. The fraction of sp³-hybridized carbons (Fsp3) is 0.417. The molecule has 0 spiro atoms. The van der Waals surface area contributed by atoms with E-state index in [1.165, 1.54) is 19.3 Å². The van der Waals surface area contributed by atoms with E-state index in [2.05, 4.69) is 18.3 Å². The quantitative estimate of drug-likeness (QED) is 0.568. The minimum Gasteiger partial charge on any atom is -0.494 e. The predicted molar refractivity (Wildman–Crippen MR) is 118 cm³/mol. The molecule has 4 nitrogen and oxygen atoms in total. The van der Waals surface area contributed by atoms with Crippen LogP contribution in [0.4, 0.5) is 0 Å². The van der Waals surface area contributed by atoms with Gasteiger partial charge in [-0.05, 0) is 55.7 Å². The summed E-state index contributed by atoms with van der Waals surface area (Å²) in [6.07, 6.45) is 5.29. The average Bonchev–Trinajstić information content (AvgIpc) is 3.14. The number of aryl methyl sites for hydroxylation is 1. The van der Waals surface area contributed by atoms with E-state index < -0.39 is 5.54 Å². The zero-order chi connectivity index (χ0) is 20.9. The van der Waals surface area contributed by atoms with Gasteiger partial charge in [-0.2, -0.15) is 5.26 Å². The molecule has 152 valence electrons. The molecular weight excluding hydrogens is 380 g/mol. The van der Waals surface area contributed by atoms with Crippen LogP contribution < -0.4 is 10.1 Å². The molecule has 0 fully saturated rings. The third-order valence-electron chi connectivity index (χ3n) is 5.36. The van der Waals surface area contributed by atoms with Gasteiger partial charge in [0, 0.05) is 16.2 Å². The number of carbonyl (C=O) groups is 1. The molecule has 0 aliphatic carbocycles. The van der Waals surface area contributed by atoms with Crippen LogP contribution in [-0.4, -0.2) is 12.5 Å². The van der Waals surface area contributed by atoms with E-state index in [1.807, 2.05) is 50.2 Å². The first-order valence-electron chi connectivity index (χ1n) is 10.2. The topological polar surface area (TPSA) is 62.1 Å². The predicted octanol–water partition coefficient (Wildman–Crippen LogP) is 5.73. The lowest BCUT2D eigenvalue weighted by molar-refractivity contribution is -0.119. The van der Waals surface area contributed by atoms with Crippen molar-refractivity contribution < 1.29 is 9.53 Å². The summed E-state index contributed by atoms with van der Waals surface area (Å²) in [6.45, 7) is 6.97. The number of rotatable bonds is 8. The summed E-state index contributed by atoms with van der Waals surface area (Å²) in [5.74, 6) is 0.539. The maximum Gasteiger partial charge on any atom is 0.262 e. The van der Waals surface area contributed by atoms with Gasteiger partial charge in [-0.15, -0.1) is 11.3 Å². The Hall–Kier alpha value is -2.58. The minimum atomic E-state index is -0.565. The van der Waals surface area contributed by atoms with Gasteiger partial charge >= 0.3 is 0 Å². The van der Waals surface area contributed by atoms with E-state index in [0.29, 0.717) is 6.42 Å². The van der Waals surface area contributed by atoms with Gasteiger partial charge in [-0.25, -0.2) is 0 Å². The van der Waals surface area contributed by atoms with Crippen LogP contribution >= 0.6 is 11.3 Å². The molecule has 1 aliphatic heterocycles. The number of carbonyl (C=O) groups excluding carboxylic acids is 1. The molecule has 1 amide bonds. The Morgan fingerprint density at radius 2 is 1.93 bits per heavy atom. The van der Waals surface area contributed by atoms with Crippen molar-refractivity contribution in [1.82, 2.24) is 5.32 Å². The van der Waals surface area contributed by atoms with E-state index in [-0.39, 0.29) is 11.5 Å². The Labute approximate surface area is 177 Å². The van der Waals surface area contributed by atoms with Gasteiger partial charge in [0.25, 0.3) is 5.91 Å². The van der Waals surface area contributed by atoms with Crippen LogP contribution in [0.2, 0.25) is 0 Å². The molecule has 5 heteroatoms. The molecule has 1 aliphatic rings. The van der Waals surface area contributed by atoms with Crippen molar-refractivity contribution >= 4 is 22.8 Å². The van der Waals surface area contributed by atoms with Crippen LogP contribution in [0.15, 0.2) is 42.0 Å². The molecule has 2 heterocycles. The molecule has 0 unspecified atom stereocenters. The van der Waals surface area contributed by atoms with E-state index >= 15 is 0 Å². The highest BCUT2D eigenvalue weighted by atomic mass is 32.1. The number of ether oxygens (including phenoxy) is 1. The molecule has 0 radical (unpaired) electrons. The van der Waals surface area contributed by atoms with Crippen LogP contribution in [0.5, 0.6) is 5.75 Å². The number of nitriles is 1. The molecule has 1 aromatic carbocycles. The monoisotopic (exact) mass is 408 g/mol. The Bertz CT molecular complexity index is 937. The maximum absolute atomic E-state index is 12.7. The molecule has 0 saturated heterocycles. The number of nitrogens with one attached hydrogen (secondary N) is 1. The van der Waals surface area contributed by atoms with E-state index in [9.17, 15) is 10.1 Å². The number of benzene rings is 1. The lowest BCUT2D eigenvalue weighted by Crippen LogP contribution is -2.47. The van der Waals surface area contributed by atoms with Gasteiger partial charge < -0.3 is 10.1 Å². The lowest BCUT2D eigenvalue weighted by Gasteiger charge is -2.36. The zero-order valence-electron chi connectivity index (χ0n) is 17.4. The zero-order valence-corrected chi connectivity index (χ0v) is 18.2. The first-order chi connectivity index (χ1) is 14.0. The summed E-state index contributed by atoms with van der Waals surface area (Å²) in [6, 6.07) is 14.1. The van der Waals surface area contributed by atoms with Crippen LogP contribution in [0.25, 0.3) is 5.57 Å². The second-order valence-electron chi connectivity index (χ2n) is 7.77. The van der Waals surface area contributed by atoms with Crippen molar-refractivity contribution in [2.24, 2.45) is 0 Å². The average molecular weight is 409 g/mol. The van der Waals surface area contributed by atoms with Crippen molar-refractivity contribution in [2.45, 2.75) is 58.4 Å². The largest absolute Gasteiger partial charge is 0.494 e. The van der Waals surface area contributed by atoms with Crippen molar-refractivity contribution in [2.75, 3.05) is 6.61 Å². The van der Waals surface area contributed by atoms with Gasteiger partial charge in [-0.3, -0.25) is 4.79 Å². The van der Waals surface area contributed by atoms with E-state index in [4.69, 9.17) is 4.74 Å². The number of thiophene rings is 1. The van der Waals surface area contributed by atoms with Gasteiger partial charge in [0.1, 0.15) is 17.4 Å². The lowest BCUT2D eigenvalue weighted by atomic mass is 9.80. The van der Waals surface area contributed by atoms with Crippen LogP contribution in [-0.2, 0) is 10.3 Å². The third kappa shape index (κ3) is 4.89. The summed E-state index contributed by atoms with van der Waals surface area (Å²) >= 11 is 1.62. The van der Waals surface area contributed by atoms with Crippen molar-refractivity contribution in [3.05, 3.63) is 57.3 Å². The standard InChI is InChI=1S/C24H28N2O2S/c1-4-5-6-7-14-28-19-11-9-18(10-12-19)24(3)15-20(21(16-25)23(27)26-24)22-13-8-17(2)29-22/h8-13H,4-7,14-15H2,1-3H3,(H,26,27)/t24-/m0/s1. The summed E-state index contributed by atoms with van der Waals surface area (Å²) in [5.41, 5.74) is 1.49. The SMILES string of the molecule is CCCCCCOc1ccc([C@]2(C)CC(c3ccc(C)s3)=C(C#N)C(=O)N2)cc1. The second-order valence-corrected chi connectivity index (χ2v) is 9.06. The molecule has 2 aromatic rings. The number of amides is 1. The summed E-state index contributed by atoms with van der Waals surface area (Å²) < 4.78 is 5.84. The molecular formula is C24H28N2O2S. The summed E-state index contributed by atoms with van der Waals surface area (Å²) in [5, 5.41) is 12.6. The highest BCUT2D eigenvalue weighted by Gasteiger charge is 2.38. The second kappa shape index (κ2) is 9.28. The number of hydrogen-bond donors (Lipinski definition) is 1. The molecule has 3 rings (SSSR count). The van der Waals surface area contributed by atoms with Gasteiger partial charge in [0.05, 0.1) is 12.1 Å². The van der Waals surface area contributed by atoms with E-state index in [0.717, 1.165) is 39.7 Å². The van der Waals surface area contributed by atoms with Crippen molar-refractivity contribution in [3.63, 3.8) is 0 Å². The van der Waals surface area contributed by atoms with Crippen molar-refractivity contribution in [3.8, 4) is 11.8 Å². The molecule has 0 bridgehead atoms. The van der Waals surface area contributed by atoms with Gasteiger partial charge in [0.15, 0.2) is 0 Å². The summed E-state index contributed by atoms with van der Waals surface area (Å²) in [4.78, 5) is 14.8. The van der Waals surface area contributed by atoms with E-state index in [1.54, 1.807) is 11.3 Å². The van der Waals surface area contributed by atoms with Gasteiger partial charge in [-0.1, -0.05) is 38.3 Å².